The zero-order chi connectivity index (χ0) is 16.5. The molecule has 0 bridgehead atoms. The van der Waals surface area contributed by atoms with E-state index in [1.165, 1.54) is 12.1 Å². The highest BCUT2D eigenvalue weighted by molar-refractivity contribution is 5.87. The zero-order valence-corrected chi connectivity index (χ0v) is 13.0. The Kier molecular flexibility index (Phi) is 3.54. The third-order valence-electron chi connectivity index (χ3n) is 3.89. The first-order valence-corrected chi connectivity index (χ1v) is 7.71. The van der Waals surface area contributed by atoms with Gasteiger partial charge in [0.2, 0.25) is 11.7 Å². The fourth-order valence-corrected chi connectivity index (χ4v) is 2.59. The second kappa shape index (κ2) is 5.85. The number of fused-ring (bicyclic) bond motifs is 1. The Balaban J connectivity index is 1.78. The fourth-order valence-electron chi connectivity index (χ4n) is 2.59. The number of aryl methyl sites for hydroxylation is 1. The van der Waals surface area contributed by atoms with Gasteiger partial charge in [0.15, 0.2) is 0 Å². The van der Waals surface area contributed by atoms with Crippen molar-refractivity contribution in [3.8, 4) is 22.5 Å². The maximum Gasteiger partial charge on any atom is 0.226 e. The van der Waals surface area contributed by atoms with Crippen LogP contribution in [0.15, 0.2) is 59.3 Å². The molecule has 0 saturated heterocycles. The lowest BCUT2D eigenvalue weighted by Gasteiger charge is -2.05. The molecule has 4 nitrogen and oxygen atoms in total. The lowest BCUT2D eigenvalue weighted by Crippen LogP contribution is -1.87. The van der Waals surface area contributed by atoms with Gasteiger partial charge in [0.05, 0.1) is 5.52 Å². The van der Waals surface area contributed by atoms with Gasteiger partial charge < -0.3 is 4.52 Å². The van der Waals surface area contributed by atoms with Gasteiger partial charge in [-0.1, -0.05) is 30.3 Å². The topological polar surface area (TPSA) is 51.8 Å². The Morgan fingerprint density at radius 2 is 1.71 bits per heavy atom. The molecule has 0 radical (unpaired) electrons. The summed E-state index contributed by atoms with van der Waals surface area (Å²) in [6.07, 6.45) is 2.44. The summed E-state index contributed by atoms with van der Waals surface area (Å²) < 4.78 is 18.3. The Morgan fingerprint density at radius 3 is 2.46 bits per heavy atom. The van der Waals surface area contributed by atoms with Crippen molar-refractivity contribution in [1.29, 1.82) is 0 Å². The smallest absolute Gasteiger partial charge is 0.226 e. The van der Waals surface area contributed by atoms with E-state index in [1.54, 1.807) is 18.3 Å². The molecule has 0 amide bonds. The third-order valence-corrected chi connectivity index (χ3v) is 3.89. The number of hydrogen-bond donors (Lipinski definition) is 0. The van der Waals surface area contributed by atoms with Crippen molar-refractivity contribution in [3.05, 3.63) is 66.4 Å². The fraction of sp³-hybridized carbons (Fsp3) is 0.105. The minimum atomic E-state index is -0.243. The second-order valence-electron chi connectivity index (χ2n) is 5.50. The van der Waals surface area contributed by atoms with E-state index in [9.17, 15) is 4.39 Å². The summed E-state index contributed by atoms with van der Waals surface area (Å²) in [7, 11) is 0. The van der Waals surface area contributed by atoms with Crippen LogP contribution >= 0.6 is 0 Å². The number of benzene rings is 2. The lowest BCUT2D eigenvalue weighted by atomic mass is 10.0. The van der Waals surface area contributed by atoms with E-state index in [4.69, 9.17) is 4.52 Å². The van der Waals surface area contributed by atoms with Crippen LogP contribution in [-0.2, 0) is 6.42 Å². The Labute approximate surface area is 138 Å². The molecule has 0 saturated carbocycles. The van der Waals surface area contributed by atoms with Crippen molar-refractivity contribution >= 4 is 10.9 Å². The predicted octanol–water partition coefficient (Wildman–Crippen LogP) is 4.65. The van der Waals surface area contributed by atoms with E-state index >= 15 is 0 Å². The maximum atomic E-state index is 13.1. The van der Waals surface area contributed by atoms with Crippen LogP contribution in [0.2, 0.25) is 0 Å². The number of pyridine rings is 1. The number of aromatic nitrogens is 3. The van der Waals surface area contributed by atoms with Gasteiger partial charge in [0.1, 0.15) is 5.82 Å². The van der Waals surface area contributed by atoms with E-state index in [1.807, 2.05) is 31.2 Å². The van der Waals surface area contributed by atoms with Gasteiger partial charge in [-0.25, -0.2) is 4.39 Å². The van der Waals surface area contributed by atoms with Crippen molar-refractivity contribution in [2.75, 3.05) is 0 Å². The van der Waals surface area contributed by atoms with Crippen molar-refractivity contribution in [2.45, 2.75) is 13.3 Å². The summed E-state index contributed by atoms with van der Waals surface area (Å²) in [6.45, 7) is 1.96. The molecule has 2 aromatic heterocycles. The largest absolute Gasteiger partial charge is 0.339 e. The van der Waals surface area contributed by atoms with Gasteiger partial charge in [-0.2, -0.15) is 4.98 Å². The van der Waals surface area contributed by atoms with Crippen LogP contribution in [0.5, 0.6) is 0 Å². The molecule has 0 spiro atoms. The highest BCUT2D eigenvalue weighted by Gasteiger charge is 2.09. The molecular weight excluding hydrogens is 305 g/mol. The summed E-state index contributed by atoms with van der Waals surface area (Å²) in [4.78, 5) is 8.80. The monoisotopic (exact) mass is 319 g/mol. The van der Waals surface area contributed by atoms with Crippen LogP contribution in [0, 0.1) is 5.82 Å². The van der Waals surface area contributed by atoms with Gasteiger partial charge in [-0.3, -0.25) is 4.98 Å². The summed E-state index contributed by atoms with van der Waals surface area (Å²) >= 11 is 0. The Bertz CT molecular complexity index is 1010. The highest BCUT2D eigenvalue weighted by atomic mass is 19.1. The van der Waals surface area contributed by atoms with E-state index < -0.39 is 0 Å². The average molecular weight is 319 g/mol. The summed E-state index contributed by atoms with van der Waals surface area (Å²) in [5.41, 5.74) is 3.64. The summed E-state index contributed by atoms with van der Waals surface area (Å²) in [5.74, 6) is 0.894. The van der Waals surface area contributed by atoms with Crippen LogP contribution in [-0.4, -0.2) is 15.1 Å². The number of halogens is 1. The van der Waals surface area contributed by atoms with E-state index in [2.05, 4.69) is 15.1 Å². The second-order valence-corrected chi connectivity index (χ2v) is 5.50. The Hall–Kier alpha value is -3.08. The first kappa shape index (κ1) is 14.5. The molecule has 2 aromatic carbocycles. The molecule has 0 unspecified atom stereocenters. The molecule has 4 rings (SSSR count). The predicted molar refractivity (Wildman–Crippen MR) is 89.8 cm³/mol. The Morgan fingerprint density at radius 1 is 0.958 bits per heavy atom. The third kappa shape index (κ3) is 2.65. The van der Waals surface area contributed by atoms with Crippen molar-refractivity contribution in [2.24, 2.45) is 0 Å². The molecule has 4 aromatic rings. The van der Waals surface area contributed by atoms with Gasteiger partial charge in [-0.05, 0) is 41.5 Å². The van der Waals surface area contributed by atoms with Gasteiger partial charge in [0, 0.05) is 23.6 Å². The average Bonchev–Trinajstić information content (AvgIpc) is 3.11. The van der Waals surface area contributed by atoms with Crippen molar-refractivity contribution in [1.82, 2.24) is 15.1 Å². The number of rotatable bonds is 3. The van der Waals surface area contributed by atoms with Crippen LogP contribution in [0.25, 0.3) is 33.4 Å². The molecule has 0 aliphatic carbocycles. The molecule has 0 aliphatic rings. The highest BCUT2D eigenvalue weighted by Crippen LogP contribution is 2.26. The van der Waals surface area contributed by atoms with E-state index in [0.29, 0.717) is 18.1 Å². The van der Waals surface area contributed by atoms with Gasteiger partial charge >= 0.3 is 0 Å². The van der Waals surface area contributed by atoms with E-state index in [-0.39, 0.29) is 5.82 Å². The molecule has 2 heterocycles. The minimum absolute atomic E-state index is 0.243. The normalized spacial score (nSPS) is 11.1. The first-order chi connectivity index (χ1) is 11.7. The van der Waals surface area contributed by atoms with Gasteiger partial charge in [0.25, 0.3) is 0 Å². The first-order valence-electron chi connectivity index (χ1n) is 7.71. The molecular formula is C19H14FN3O. The SMILES string of the molecule is CCc1nc(-c2cnc3ccc(-c4ccc(F)cc4)cc3c2)no1. The molecule has 0 fully saturated rings. The number of nitrogens with zero attached hydrogens (tertiary/aromatic N) is 3. The summed E-state index contributed by atoms with van der Waals surface area (Å²) in [6, 6.07) is 14.4. The van der Waals surface area contributed by atoms with Crippen LogP contribution < -0.4 is 0 Å². The maximum absolute atomic E-state index is 13.1. The van der Waals surface area contributed by atoms with E-state index in [0.717, 1.165) is 27.6 Å². The molecule has 0 atom stereocenters. The lowest BCUT2D eigenvalue weighted by molar-refractivity contribution is 0.383. The van der Waals surface area contributed by atoms with Crippen molar-refractivity contribution in [3.63, 3.8) is 0 Å². The minimum Gasteiger partial charge on any atom is -0.339 e. The summed E-state index contributed by atoms with van der Waals surface area (Å²) in [5, 5.41) is 4.96. The molecule has 5 heteroatoms. The molecule has 0 aliphatic heterocycles. The zero-order valence-electron chi connectivity index (χ0n) is 13.0. The van der Waals surface area contributed by atoms with Crippen LogP contribution in [0.1, 0.15) is 12.8 Å². The standard InChI is InChI=1S/C19H14FN3O/c1-2-18-22-19(23-24-18)15-10-14-9-13(5-8-17(14)21-11-15)12-3-6-16(20)7-4-12/h3-11H,2H2,1H3. The number of hydrogen-bond acceptors (Lipinski definition) is 4. The van der Waals surface area contributed by atoms with Crippen LogP contribution in [0.4, 0.5) is 4.39 Å². The molecule has 118 valence electrons. The quantitative estimate of drug-likeness (QED) is 0.551. The van der Waals surface area contributed by atoms with Crippen molar-refractivity contribution < 1.29 is 8.91 Å². The molecule has 0 N–H and O–H groups in total. The van der Waals surface area contributed by atoms with Gasteiger partial charge in [-0.15, -0.1) is 0 Å². The van der Waals surface area contributed by atoms with Crippen LogP contribution in [0.3, 0.4) is 0 Å². The molecule has 24 heavy (non-hydrogen) atoms.